The Morgan fingerprint density at radius 3 is 1.38 bits per heavy atom. The first-order chi connectivity index (χ1) is 5.60. The van der Waals surface area contributed by atoms with Gasteiger partial charge in [0.2, 0.25) is 0 Å². The van der Waals surface area contributed by atoms with E-state index in [0.717, 1.165) is 0 Å². The average Bonchev–Trinajstić information content (AvgIpc) is 1.83. The molecule has 0 aromatic heterocycles. The van der Waals surface area contributed by atoms with Crippen molar-refractivity contribution in [2.75, 3.05) is 0 Å². The molecule has 0 radical (unpaired) electrons. The zero-order valence-corrected chi connectivity index (χ0v) is 11.7. The van der Waals surface area contributed by atoms with Crippen molar-refractivity contribution < 1.29 is 21.2 Å². The molecule has 0 N–H and O–H groups in total. The normalized spacial score (nSPS) is 14.7. The molecule has 0 spiro atoms. The van der Waals surface area contributed by atoms with Gasteiger partial charge >= 0.3 is 86.6 Å². The zero-order valence-electron chi connectivity index (χ0n) is 9.43. The van der Waals surface area contributed by atoms with Gasteiger partial charge in [-0.1, -0.05) is 0 Å². The molecule has 0 fully saturated rings. The second-order valence-corrected chi connectivity index (χ2v) is 15.0. The molecule has 0 aliphatic carbocycles. The second-order valence-electron chi connectivity index (χ2n) is 4.57. The summed E-state index contributed by atoms with van der Waals surface area (Å²) < 4.78 is 18.0. The molecular formula is C9H21ClO2Ti. The number of rotatable bonds is 4. The van der Waals surface area contributed by atoms with Crippen LogP contribution in [0.25, 0.3) is 0 Å². The van der Waals surface area contributed by atoms with E-state index in [-0.39, 0.29) is 14.5 Å². The molecule has 0 saturated carbocycles. The van der Waals surface area contributed by atoms with E-state index >= 15 is 0 Å². The van der Waals surface area contributed by atoms with Crippen molar-refractivity contribution in [3.63, 3.8) is 0 Å². The van der Waals surface area contributed by atoms with Gasteiger partial charge in [0.1, 0.15) is 0 Å². The van der Waals surface area contributed by atoms with E-state index in [9.17, 15) is 3.32 Å². The molecule has 4 heteroatoms. The number of halogens is 1. The average molecular weight is 245 g/mol. The van der Waals surface area contributed by atoms with Crippen LogP contribution in [0.15, 0.2) is 0 Å². The Morgan fingerprint density at radius 1 is 1.00 bits per heavy atom. The Balaban J connectivity index is 5.06. The second kappa shape index (κ2) is 4.10. The van der Waals surface area contributed by atoms with Crippen LogP contribution in [0.3, 0.4) is 0 Å². The van der Waals surface area contributed by atoms with Gasteiger partial charge in [-0.2, -0.15) is 0 Å². The third-order valence-corrected chi connectivity index (χ3v) is 14.3. The summed E-state index contributed by atoms with van der Waals surface area (Å²) in [5.41, 5.74) is 0. The first-order valence-electron chi connectivity index (χ1n) is 4.87. The fourth-order valence-electron chi connectivity index (χ4n) is 1.40. The fourth-order valence-corrected chi connectivity index (χ4v) is 6.49. The van der Waals surface area contributed by atoms with Crippen molar-refractivity contribution in [3.05, 3.63) is 0 Å². The van der Waals surface area contributed by atoms with Crippen LogP contribution in [0.2, 0.25) is 8.45 Å². The molecule has 0 heterocycles. The van der Waals surface area contributed by atoms with Crippen LogP contribution in [0.5, 0.6) is 0 Å². The van der Waals surface area contributed by atoms with E-state index in [2.05, 4.69) is 0 Å². The van der Waals surface area contributed by atoms with Crippen LogP contribution in [0, 0.1) is 0 Å². The van der Waals surface area contributed by atoms with Gasteiger partial charge in [0.05, 0.1) is 0 Å². The summed E-state index contributed by atoms with van der Waals surface area (Å²) in [6.07, 6.45) is -0.0724. The van der Waals surface area contributed by atoms with E-state index in [1.807, 2.05) is 41.5 Å². The number of hydrogen-bond donors (Lipinski definition) is 0. The molecule has 0 saturated heterocycles. The Morgan fingerprint density at radius 2 is 1.31 bits per heavy atom. The third-order valence-electron chi connectivity index (χ3n) is 2.51. The van der Waals surface area contributed by atoms with E-state index in [0.29, 0.717) is 0 Å². The maximum atomic E-state index is 12.6. The Hall–Kier alpha value is 0.764. The van der Waals surface area contributed by atoms with Crippen LogP contribution in [0.1, 0.15) is 41.5 Å². The van der Waals surface area contributed by atoms with E-state index in [1.165, 1.54) is 0 Å². The van der Waals surface area contributed by atoms with Gasteiger partial charge in [0.25, 0.3) is 0 Å². The zero-order chi connectivity index (χ0) is 10.9. The molecule has 0 aliphatic rings. The van der Waals surface area contributed by atoms with Crippen molar-refractivity contribution >= 4 is 9.30 Å². The van der Waals surface area contributed by atoms with E-state index in [1.54, 1.807) is 0 Å². The van der Waals surface area contributed by atoms with E-state index < -0.39 is 14.6 Å². The summed E-state index contributed by atoms with van der Waals surface area (Å²) in [4.78, 5) is 0. The minimum absolute atomic E-state index is 0.0724. The summed E-state index contributed by atoms with van der Waals surface area (Å²) in [5, 5.41) is 0. The van der Waals surface area contributed by atoms with Gasteiger partial charge < -0.3 is 0 Å². The molecule has 0 bridgehead atoms. The third kappa shape index (κ3) is 2.85. The van der Waals surface area contributed by atoms with Gasteiger partial charge in [0.15, 0.2) is 0 Å². The van der Waals surface area contributed by atoms with E-state index in [4.69, 9.17) is 12.6 Å². The van der Waals surface area contributed by atoms with Crippen LogP contribution in [0.4, 0.5) is 0 Å². The van der Waals surface area contributed by atoms with Gasteiger partial charge in [0, 0.05) is 0 Å². The SMILES string of the molecule is CC(C)[O][Ti](=[O])([Cl])([CH](C)C)[CH](C)C. The standard InChI is InChI=1S/C3H7O.2C3H7.ClH.O.Ti/c1-3(2)4;2*1-3-2;;;/h3H,1-2H3;2*3H,1-2H3;1H;;/q-1;;;;;+2/p-1. The van der Waals surface area contributed by atoms with Crippen molar-refractivity contribution in [2.24, 2.45) is 0 Å². The molecule has 0 unspecified atom stereocenters. The first kappa shape index (κ1) is 13.8. The fraction of sp³-hybridized carbons (Fsp3) is 1.00. The van der Waals surface area contributed by atoms with Crippen molar-refractivity contribution in [3.8, 4) is 0 Å². The molecule has 13 heavy (non-hydrogen) atoms. The van der Waals surface area contributed by atoms with Crippen LogP contribution < -0.4 is 0 Å². The first-order valence-corrected chi connectivity index (χ1v) is 10.1. The van der Waals surface area contributed by atoms with Crippen LogP contribution in [-0.4, -0.2) is 6.10 Å². The predicted octanol–water partition coefficient (Wildman–Crippen LogP) is 4.17. The van der Waals surface area contributed by atoms with Crippen LogP contribution in [-0.2, 0) is 21.2 Å². The maximum absolute atomic E-state index is 12.6. The Kier molecular flexibility index (Phi) is 4.34. The molecule has 0 aromatic carbocycles. The van der Waals surface area contributed by atoms with Crippen molar-refractivity contribution in [1.82, 2.24) is 0 Å². The summed E-state index contributed by atoms with van der Waals surface area (Å²) in [7, 11) is 6.27. The number of hydrogen-bond acceptors (Lipinski definition) is 2. The molecule has 0 aromatic rings. The monoisotopic (exact) mass is 244 g/mol. The topological polar surface area (TPSA) is 26.3 Å². The molecule has 0 rings (SSSR count). The van der Waals surface area contributed by atoms with Gasteiger partial charge in [-0.3, -0.25) is 0 Å². The van der Waals surface area contributed by atoms with Crippen molar-refractivity contribution in [2.45, 2.75) is 56.1 Å². The molecule has 0 amide bonds. The van der Waals surface area contributed by atoms with Crippen LogP contribution >= 0.6 is 9.30 Å². The Bertz CT molecular complexity index is 222. The van der Waals surface area contributed by atoms with Crippen molar-refractivity contribution in [1.29, 1.82) is 0 Å². The Labute approximate surface area is 86.6 Å². The molecule has 80 valence electrons. The predicted molar refractivity (Wildman–Crippen MR) is 53.0 cm³/mol. The quantitative estimate of drug-likeness (QED) is 0.694. The van der Waals surface area contributed by atoms with Gasteiger partial charge in [-0.25, -0.2) is 0 Å². The molecule has 0 atom stereocenters. The minimum atomic E-state index is -4.43. The molecule has 2 nitrogen and oxygen atoms in total. The summed E-state index contributed by atoms with van der Waals surface area (Å²) >= 11 is -4.43. The summed E-state index contributed by atoms with van der Waals surface area (Å²) in [6, 6.07) is 0. The summed E-state index contributed by atoms with van der Waals surface area (Å²) in [6.45, 7) is 11.2. The molecular weight excluding hydrogens is 223 g/mol. The van der Waals surface area contributed by atoms with Gasteiger partial charge in [-0.05, 0) is 0 Å². The van der Waals surface area contributed by atoms with Gasteiger partial charge in [-0.15, -0.1) is 0 Å². The molecule has 0 aliphatic heterocycles. The summed E-state index contributed by atoms with van der Waals surface area (Å²) in [5.74, 6) is 0.